The third-order valence-corrected chi connectivity index (χ3v) is 5.57. The van der Waals surface area contributed by atoms with Gasteiger partial charge in [0.15, 0.2) is 0 Å². The number of benzene rings is 1. The quantitative estimate of drug-likeness (QED) is 0.448. The highest BCUT2D eigenvalue weighted by atomic mass is 16.6. The van der Waals surface area contributed by atoms with Crippen LogP contribution in [0.5, 0.6) is 0 Å². The van der Waals surface area contributed by atoms with Crippen LogP contribution < -0.4 is 10.6 Å². The Bertz CT molecular complexity index is 937. The van der Waals surface area contributed by atoms with Crippen LogP contribution in [-0.2, 0) is 23.9 Å². The van der Waals surface area contributed by atoms with Crippen LogP contribution in [0.15, 0.2) is 18.2 Å². The molecule has 1 aliphatic rings. The van der Waals surface area contributed by atoms with E-state index in [1.807, 2.05) is 26.8 Å². The number of alkyl carbamates (subject to hydrolysis) is 1. The number of aryl methyl sites for hydroxylation is 2. The Morgan fingerprint density at radius 2 is 1.71 bits per heavy atom. The summed E-state index contributed by atoms with van der Waals surface area (Å²) in [5, 5.41) is 14.9. The molecule has 4 atom stereocenters. The highest BCUT2D eigenvalue weighted by Crippen LogP contribution is 2.41. The summed E-state index contributed by atoms with van der Waals surface area (Å²) in [4.78, 5) is 52.5. The number of methoxy groups -OCH3 is 1. The maximum absolute atomic E-state index is 13.7. The Morgan fingerprint density at radius 1 is 1.14 bits per heavy atom. The Hall–Kier alpha value is -3.14. The number of carbonyl (C=O) groups is 4. The van der Waals surface area contributed by atoms with Gasteiger partial charge in [0.05, 0.1) is 13.7 Å². The van der Waals surface area contributed by atoms with E-state index in [1.165, 1.54) is 12.0 Å². The molecule has 10 nitrogen and oxygen atoms in total. The van der Waals surface area contributed by atoms with Crippen LogP contribution in [0.1, 0.15) is 56.8 Å². The van der Waals surface area contributed by atoms with Gasteiger partial charge in [-0.05, 0) is 52.5 Å². The van der Waals surface area contributed by atoms with Crippen molar-refractivity contribution in [2.45, 2.75) is 71.7 Å². The molecule has 0 aromatic heterocycles. The van der Waals surface area contributed by atoms with Crippen molar-refractivity contribution in [1.29, 1.82) is 0 Å². The summed E-state index contributed by atoms with van der Waals surface area (Å²) in [6.45, 7) is 9.72. The van der Waals surface area contributed by atoms with Gasteiger partial charge >= 0.3 is 12.1 Å². The summed E-state index contributed by atoms with van der Waals surface area (Å²) < 4.78 is 9.86. The molecule has 10 heteroatoms. The maximum Gasteiger partial charge on any atom is 0.408 e. The third-order valence-electron chi connectivity index (χ3n) is 5.57. The zero-order chi connectivity index (χ0) is 26.5. The van der Waals surface area contributed by atoms with Gasteiger partial charge in [0, 0.05) is 6.04 Å². The second-order valence-corrected chi connectivity index (χ2v) is 10.0. The Kier molecular flexibility index (Phi) is 9.25. The molecule has 3 amide bonds. The van der Waals surface area contributed by atoms with Crippen LogP contribution in [0.3, 0.4) is 0 Å². The van der Waals surface area contributed by atoms with Crippen molar-refractivity contribution in [3.8, 4) is 0 Å². The molecule has 1 aliphatic carbocycles. The molecule has 35 heavy (non-hydrogen) atoms. The van der Waals surface area contributed by atoms with Crippen molar-refractivity contribution < 1.29 is 33.8 Å². The highest BCUT2D eigenvalue weighted by Gasteiger charge is 2.48. The van der Waals surface area contributed by atoms with Gasteiger partial charge in [0.1, 0.15) is 24.2 Å². The first kappa shape index (κ1) is 28.1. The lowest BCUT2D eigenvalue weighted by Gasteiger charge is -2.34. The van der Waals surface area contributed by atoms with E-state index in [1.54, 1.807) is 32.9 Å². The van der Waals surface area contributed by atoms with Crippen LogP contribution >= 0.6 is 0 Å². The van der Waals surface area contributed by atoms with Gasteiger partial charge in [-0.25, -0.2) is 4.79 Å². The number of hydrogen-bond donors (Lipinski definition) is 3. The van der Waals surface area contributed by atoms with Gasteiger partial charge in [-0.2, -0.15) is 0 Å². The third kappa shape index (κ3) is 7.95. The molecule has 1 aromatic rings. The molecule has 3 N–H and O–H groups in total. The summed E-state index contributed by atoms with van der Waals surface area (Å²) in [6, 6.07) is 2.86. The zero-order valence-corrected chi connectivity index (χ0v) is 21.5. The lowest BCUT2D eigenvalue weighted by Crippen LogP contribution is -2.55. The van der Waals surface area contributed by atoms with Gasteiger partial charge in [-0.1, -0.05) is 36.2 Å². The number of ether oxygens (including phenoxy) is 2. The number of carbonyl (C=O) groups excluding carboxylic acids is 4. The van der Waals surface area contributed by atoms with Crippen LogP contribution in [0.25, 0.3) is 0 Å². The van der Waals surface area contributed by atoms with E-state index in [0.717, 1.165) is 11.1 Å². The summed E-state index contributed by atoms with van der Waals surface area (Å²) in [5.41, 5.74) is 1.55. The molecule has 1 fully saturated rings. The molecule has 1 saturated carbocycles. The molecule has 0 radical (unpaired) electrons. The van der Waals surface area contributed by atoms with Gasteiger partial charge in [0.25, 0.3) is 0 Å². The van der Waals surface area contributed by atoms with E-state index in [0.29, 0.717) is 12.0 Å². The summed E-state index contributed by atoms with van der Waals surface area (Å²) >= 11 is 0. The fraction of sp³-hybridized carbons (Fsp3) is 0.600. The lowest BCUT2D eigenvalue weighted by atomic mass is 9.98. The molecule has 194 valence electrons. The fourth-order valence-corrected chi connectivity index (χ4v) is 3.92. The second kappa shape index (κ2) is 11.5. The van der Waals surface area contributed by atoms with Crippen molar-refractivity contribution in [1.82, 2.24) is 15.5 Å². The molecular formula is C25H37N3O7. The number of hydrogen-bond acceptors (Lipinski definition) is 7. The van der Waals surface area contributed by atoms with Crippen molar-refractivity contribution in [2.75, 3.05) is 20.3 Å². The monoisotopic (exact) mass is 491 g/mol. The summed E-state index contributed by atoms with van der Waals surface area (Å²) in [6.07, 6.45) is -0.200. The average Bonchev–Trinajstić information content (AvgIpc) is 3.46. The van der Waals surface area contributed by atoms with Gasteiger partial charge < -0.3 is 30.1 Å². The number of aliphatic hydroxyl groups excluding tert-OH is 1. The standard InChI is InChI=1S/C25H37N3O7/c1-14-8-15(2)10-17(9-14)21(22(31)26-12-20(30)34-7)28(19-11-16(19)3)23(32)18(13-29)27-24(33)35-25(4,5)6/h8-10,16,18-19,21,29H,11-13H2,1-7H3,(H,26,31)(H,27,33). The molecule has 2 rings (SSSR count). The van der Waals surface area contributed by atoms with E-state index < -0.39 is 48.2 Å². The topological polar surface area (TPSA) is 134 Å². The number of amides is 3. The summed E-state index contributed by atoms with van der Waals surface area (Å²) in [7, 11) is 1.21. The number of nitrogens with one attached hydrogen (secondary N) is 2. The molecule has 0 heterocycles. The van der Waals surface area contributed by atoms with Crippen molar-refractivity contribution in [3.05, 3.63) is 34.9 Å². The second-order valence-electron chi connectivity index (χ2n) is 10.0. The minimum Gasteiger partial charge on any atom is -0.468 e. The minimum atomic E-state index is -1.32. The van der Waals surface area contributed by atoms with Crippen molar-refractivity contribution >= 4 is 23.9 Å². The Morgan fingerprint density at radius 3 is 2.17 bits per heavy atom. The van der Waals surface area contributed by atoms with E-state index in [-0.39, 0.29) is 18.5 Å². The summed E-state index contributed by atoms with van der Waals surface area (Å²) in [5.74, 6) is -1.71. The van der Waals surface area contributed by atoms with Crippen molar-refractivity contribution in [3.63, 3.8) is 0 Å². The normalized spacial score (nSPS) is 18.6. The highest BCUT2D eigenvalue weighted by molar-refractivity contribution is 5.93. The molecule has 0 bridgehead atoms. The number of esters is 1. The SMILES string of the molecule is COC(=O)CNC(=O)C(c1cc(C)cc(C)c1)N(C(=O)C(CO)NC(=O)OC(C)(C)C)C1CC1C. The fourth-order valence-electron chi connectivity index (χ4n) is 3.92. The van der Waals surface area contributed by atoms with Gasteiger partial charge in [-0.15, -0.1) is 0 Å². The maximum atomic E-state index is 13.7. The van der Waals surface area contributed by atoms with E-state index >= 15 is 0 Å². The largest absolute Gasteiger partial charge is 0.468 e. The van der Waals surface area contributed by atoms with Crippen LogP contribution in [0.4, 0.5) is 4.79 Å². The molecule has 0 saturated heterocycles. The van der Waals surface area contributed by atoms with Crippen LogP contribution in [-0.4, -0.2) is 71.8 Å². The molecule has 1 aromatic carbocycles. The average molecular weight is 492 g/mol. The predicted molar refractivity (Wildman–Crippen MR) is 128 cm³/mol. The van der Waals surface area contributed by atoms with Crippen LogP contribution in [0, 0.1) is 19.8 Å². The molecule has 0 spiro atoms. The van der Waals surface area contributed by atoms with E-state index in [9.17, 15) is 24.3 Å². The first-order chi connectivity index (χ1) is 16.3. The van der Waals surface area contributed by atoms with Crippen LogP contribution in [0.2, 0.25) is 0 Å². The van der Waals surface area contributed by atoms with Crippen molar-refractivity contribution in [2.24, 2.45) is 5.92 Å². The predicted octanol–water partition coefficient (Wildman–Crippen LogP) is 1.76. The number of aliphatic hydroxyl groups is 1. The smallest absolute Gasteiger partial charge is 0.408 e. The number of nitrogens with zero attached hydrogens (tertiary/aromatic N) is 1. The first-order valence-corrected chi connectivity index (χ1v) is 11.6. The Labute approximate surface area is 206 Å². The van der Waals surface area contributed by atoms with Gasteiger partial charge in [-0.3, -0.25) is 14.4 Å². The zero-order valence-electron chi connectivity index (χ0n) is 21.5. The van der Waals surface area contributed by atoms with E-state index in [4.69, 9.17) is 4.74 Å². The van der Waals surface area contributed by atoms with E-state index in [2.05, 4.69) is 15.4 Å². The van der Waals surface area contributed by atoms with Gasteiger partial charge in [0.2, 0.25) is 11.8 Å². The molecule has 0 aliphatic heterocycles. The first-order valence-electron chi connectivity index (χ1n) is 11.6. The lowest BCUT2D eigenvalue weighted by molar-refractivity contribution is -0.145. The molecular weight excluding hydrogens is 454 g/mol. The molecule has 4 unspecified atom stereocenters. The number of rotatable bonds is 9. The Balaban J connectivity index is 2.46. The minimum absolute atomic E-state index is 0.113.